The number of rotatable bonds is 2. The van der Waals surface area contributed by atoms with E-state index in [1.807, 2.05) is 18.5 Å². The minimum atomic E-state index is 0. The summed E-state index contributed by atoms with van der Waals surface area (Å²) >= 11 is 0. The van der Waals surface area contributed by atoms with Gasteiger partial charge in [-0.15, -0.1) is 0 Å². The van der Waals surface area contributed by atoms with Crippen LogP contribution >= 0.6 is 0 Å². The summed E-state index contributed by atoms with van der Waals surface area (Å²) in [6, 6.07) is 18.8. The zero-order valence-corrected chi connectivity index (χ0v) is 10.9. The van der Waals surface area contributed by atoms with Crippen molar-refractivity contribution in [3.63, 3.8) is 0 Å². The Morgan fingerprint density at radius 3 is 2.41 bits per heavy atom. The van der Waals surface area contributed by atoms with Gasteiger partial charge >= 0.3 is 0 Å². The molecule has 0 amide bonds. The maximum absolute atomic E-state index is 3.27. The Morgan fingerprint density at radius 2 is 1.59 bits per heavy atom. The Balaban J connectivity index is 0.00000108. The molecule has 0 fully saturated rings. The van der Waals surface area contributed by atoms with Crippen LogP contribution in [-0.2, 0) is 6.54 Å². The molecule has 86 valence electrons. The van der Waals surface area contributed by atoms with Gasteiger partial charge in [0.25, 0.3) is 0 Å². The fraction of sp³-hybridized carbons (Fsp3) is 0.0714. The lowest BCUT2D eigenvalue weighted by Crippen LogP contribution is -3.00. The van der Waals surface area contributed by atoms with Crippen molar-refractivity contribution >= 4 is 11.0 Å². The van der Waals surface area contributed by atoms with E-state index in [0.29, 0.717) is 0 Å². The van der Waals surface area contributed by atoms with E-state index in [-0.39, 0.29) is 17.0 Å². The van der Waals surface area contributed by atoms with E-state index in [9.17, 15) is 0 Å². The molecule has 0 aliphatic carbocycles. The predicted molar refractivity (Wildman–Crippen MR) is 64.0 cm³/mol. The zero-order chi connectivity index (χ0) is 10.8. The highest BCUT2D eigenvalue weighted by atomic mass is 79.9. The number of nitrogens with zero attached hydrogens (tertiary/aromatic N) is 1. The van der Waals surface area contributed by atoms with Crippen molar-refractivity contribution in [3.05, 3.63) is 66.5 Å². The topological polar surface area (TPSA) is 19.7 Å². The number of para-hydroxylation sites is 2. The number of halogens is 1. The smallest absolute Gasteiger partial charge is 0.242 e. The first-order chi connectivity index (χ1) is 7.93. The summed E-state index contributed by atoms with van der Waals surface area (Å²) in [6.07, 6.45) is 2.03. The van der Waals surface area contributed by atoms with E-state index in [4.69, 9.17) is 0 Å². The van der Waals surface area contributed by atoms with Crippen LogP contribution in [0.4, 0.5) is 0 Å². The monoisotopic (exact) mass is 288 g/mol. The first-order valence-electron chi connectivity index (χ1n) is 5.43. The summed E-state index contributed by atoms with van der Waals surface area (Å²) in [7, 11) is 0. The molecule has 0 saturated carbocycles. The normalized spacial score (nSPS) is 10.1. The van der Waals surface area contributed by atoms with Gasteiger partial charge in [0.1, 0.15) is 6.54 Å². The lowest BCUT2D eigenvalue weighted by molar-refractivity contribution is -0.662. The molecule has 17 heavy (non-hydrogen) atoms. The molecule has 0 atom stereocenters. The average Bonchev–Trinajstić information content (AvgIpc) is 2.74. The number of nitrogens with one attached hydrogen (secondary N) is 1. The van der Waals surface area contributed by atoms with Crippen molar-refractivity contribution in [3.8, 4) is 0 Å². The number of benzene rings is 2. The van der Waals surface area contributed by atoms with E-state index in [2.05, 4.69) is 52.0 Å². The van der Waals surface area contributed by atoms with Gasteiger partial charge in [-0.25, -0.2) is 9.55 Å². The fourth-order valence-electron chi connectivity index (χ4n) is 1.97. The van der Waals surface area contributed by atoms with E-state index < -0.39 is 0 Å². The van der Waals surface area contributed by atoms with Gasteiger partial charge in [-0.3, -0.25) is 0 Å². The molecule has 0 unspecified atom stereocenters. The van der Waals surface area contributed by atoms with Crippen LogP contribution in [-0.4, -0.2) is 4.98 Å². The highest BCUT2D eigenvalue weighted by Gasteiger charge is 2.08. The van der Waals surface area contributed by atoms with E-state index in [0.717, 1.165) is 6.54 Å². The molecule has 3 rings (SSSR count). The minimum absolute atomic E-state index is 0. The van der Waals surface area contributed by atoms with Crippen molar-refractivity contribution in [2.24, 2.45) is 0 Å². The molecule has 3 aromatic rings. The van der Waals surface area contributed by atoms with Crippen molar-refractivity contribution in [1.29, 1.82) is 0 Å². The van der Waals surface area contributed by atoms with Crippen molar-refractivity contribution in [2.45, 2.75) is 6.54 Å². The van der Waals surface area contributed by atoms with E-state index in [1.54, 1.807) is 0 Å². The summed E-state index contributed by atoms with van der Waals surface area (Å²) in [4.78, 5) is 3.27. The summed E-state index contributed by atoms with van der Waals surface area (Å²) < 4.78 is 2.23. The van der Waals surface area contributed by atoms with Gasteiger partial charge in [-0.1, -0.05) is 42.5 Å². The SMILES string of the molecule is [Br-].c1ccc(C[n+]2c[nH]c3ccccc32)cc1. The molecule has 0 aliphatic heterocycles. The molecule has 1 N–H and O–H groups in total. The average molecular weight is 289 g/mol. The molecule has 1 heterocycles. The van der Waals surface area contributed by atoms with Crippen molar-refractivity contribution in [2.75, 3.05) is 0 Å². The maximum atomic E-state index is 3.27. The van der Waals surface area contributed by atoms with Crippen LogP contribution in [0.3, 0.4) is 0 Å². The molecule has 1 aromatic heterocycles. The Bertz CT molecular complexity index is 602. The van der Waals surface area contributed by atoms with Crippen LogP contribution < -0.4 is 21.5 Å². The largest absolute Gasteiger partial charge is 1.00 e. The number of H-pyrrole nitrogens is 1. The summed E-state index contributed by atoms with van der Waals surface area (Å²) in [6.45, 7) is 0.908. The van der Waals surface area contributed by atoms with E-state index in [1.165, 1.54) is 16.6 Å². The third-order valence-corrected chi connectivity index (χ3v) is 2.79. The molecular formula is C14H13BrN2. The van der Waals surface area contributed by atoms with Gasteiger partial charge in [0, 0.05) is 0 Å². The Labute approximate surface area is 111 Å². The quantitative estimate of drug-likeness (QED) is 0.614. The lowest BCUT2D eigenvalue weighted by Gasteiger charge is -1.97. The molecule has 0 radical (unpaired) electrons. The number of aromatic amines is 1. The molecule has 3 heteroatoms. The number of fused-ring (bicyclic) bond motifs is 1. The predicted octanol–water partition coefficient (Wildman–Crippen LogP) is -0.492. The van der Waals surface area contributed by atoms with E-state index >= 15 is 0 Å². The number of imidazole rings is 1. The van der Waals surface area contributed by atoms with Crippen LogP contribution in [0, 0.1) is 0 Å². The molecular weight excluding hydrogens is 276 g/mol. The highest BCUT2D eigenvalue weighted by molar-refractivity contribution is 5.70. The van der Waals surface area contributed by atoms with Crippen LogP contribution in [0.25, 0.3) is 11.0 Å². The van der Waals surface area contributed by atoms with Crippen LogP contribution in [0.15, 0.2) is 60.9 Å². The number of aromatic nitrogens is 2. The molecule has 0 spiro atoms. The molecule has 0 bridgehead atoms. The minimum Gasteiger partial charge on any atom is -1.00 e. The Morgan fingerprint density at radius 1 is 0.882 bits per heavy atom. The second kappa shape index (κ2) is 5.15. The van der Waals surface area contributed by atoms with Crippen LogP contribution in [0.1, 0.15) is 5.56 Å². The van der Waals surface area contributed by atoms with Crippen molar-refractivity contribution < 1.29 is 21.5 Å². The van der Waals surface area contributed by atoms with Crippen LogP contribution in [0.5, 0.6) is 0 Å². The second-order valence-electron chi connectivity index (χ2n) is 3.90. The summed E-state index contributed by atoms with van der Waals surface area (Å²) in [5.41, 5.74) is 3.74. The third kappa shape index (κ3) is 2.39. The second-order valence-corrected chi connectivity index (χ2v) is 3.90. The molecule has 2 aromatic carbocycles. The fourth-order valence-corrected chi connectivity index (χ4v) is 1.97. The van der Waals surface area contributed by atoms with Gasteiger partial charge in [-0.2, -0.15) is 0 Å². The van der Waals surface area contributed by atoms with Crippen molar-refractivity contribution in [1.82, 2.24) is 4.98 Å². The number of hydrogen-bond acceptors (Lipinski definition) is 0. The van der Waals surface area contributed by atoms with Gasteiger partial charge in [-0.05, 0) is 17.7 Å². The standard InChI is InChI=1S/C14H12N2.BrH/c1-2-6-12(7-3-1)10-16-11-15-13-8-4-5-9-14(13)16;/h1-9,11H,10H2;1H. The Kier molecular flexibility index (Phi) is 3.59. The first kappa shape index (κ1) is 11.9. The lowest BCUT2D eigenvalue weighted by atomic mass is 10.2. The third-order valence-electron chi connectivity index (χ3n) is 2.79. The van der Waals surface area contributed by atoms with Gasteiger partial charge < -0.3 is 17.0 Å². The van der Waals surface area contributed by atoms with Gasteiger partial charge in [0.05, 0.1) is 0 Å². The Hall–Kier alpha value is -1.61. The maximum Gasteiger partial charge on any atom is 0.242 e. The highest BCUT2D eigenvalue weighted by Crippen LogP contribution is 2.07. The first-order valence-corrected chi connectivity index (χ1v) is 5.43. The molecule has 0 aliphatic rings. The summed E-state index contributed by atoms with van der Waals surface area (Å²) in [5, 5.41) is 0. The summed E-state index contributed by atoms with van der Waals surface area (Å²) in [5.74, 6) is 0. The number of hydrogen-bond donors (Lipinski definition) is 1. The molecule has 2 nitrogen and oxygen atoms in total. The zero-order valence-electron chi connectivity index (χ0n) is 9.31. The van der Waals surface area contributed by atoms with Gasteiger partial charge in [0.2, 0.25) is 6.33 Å². The molecule has 0 saturated heterocycles. The van der Waals surface area contributed by atoms with Gasteiger partial charge in [0.15, 0.2) is 11.0 Å². The van der Waals surface area contributed by atoms with Crippen LogP contribution in [0.2, 0.25) is 0 Å².